The van der Waals surface area contributed by atoms with Crippen LogP contribution in [0.25, 0.3) is 0 Å². The third kappa shape index (κ3) is 3.55. The summed E-state index contributed by atoms with van der Waals surface area (Å²) in [7, 11) is 0. The zero-order valence-corrected chi connectivity index (χ0v) is 12.2. The van der Waals surface area contributed by atoms with Crippen molar-refractivity contribution in [3.63, 3.8) is 0 Å². The number of ether oxygens (including phenoxy) is 1. The third-order valence-corrected chi connectivity index (χ3v) is 3.64. The van der Waals surface area contributed by atoms with Crippen molar-refractivity contribution in [3.05, 3.63) is 30.1 Å². The van der Waals surface area contributed by atoms with Crippen molar-refractivity contribution >= 4 is 5.91 Å². The SMILES string of the molecule is CCNC1COCC1C(=O)N(CC)Cc1ccccn1. The lowest BCUT2D eigenvalue weighted by atomic mass is 10.0. The van der Waals surface area contributed by atoms with E-state index in [1.807, 2.05) is 36.9 Å². The molecule has 1 amide bonds. The van der Waals surface area contributed by atoms with Crippen LogP contribution in [0.4, 0.5) is 0 Å². The normalized spacial score (nSPS) is 21.9. The van der Waals surface area contributed by atoms with Gasteiger partial charge in [0.25, 0.3) is 0 Å². The summed E-state index contributed by atoms with van der Waals surface area (Å²) in [5, 5.41) is 3.33. The van der Waals surface area contributed by atoms with Gasteiger partial charge in [-0.2, -0.15) is 0 Å². The molecular formula is C15H23N3O2. The molecule has 2 heterocycles. The number of nitrogens with one attached hydrogen (secondary N) is 1. The number of aromatic nitrogens is 1. The van der Waals surface area contributed by atoms with Crippen molar-refractivity contribution < 1.29 is 9.53 Å². The monoisotopic (exact) mass is 277 g/mol. The summed E-state index contributed by atoms with van der Waals surface area (Å²) in [4.78, 5) is 18.8. The number of carbonyl (C=O) groups excluding carboxylic acids is 1. The highest BCUT2D eigenvalue weighted by molar-refractivity contribution is 5.80. The van der Waals surface area contributed by atoms with E-state index >= 15 is 0 Å². The van der Waals surface area contributed by atoms with Crippen molar-refractivity contribution in [1.82, 2.24) is 15.2 Å². The fourth-order valence-corrected chi connectivity index (χ4v) is 2.53. The lowest BCUT2D eigenvalue weighted by Gasteiger charge is -2.26. The molecule has 1 N–H and O–H groups in total. The van der Waals surface area contributed by atoms with Crippen LogP contribution >= 0.6 is 0 Å². The summed E-state index contributed by atoms with van der Waals surface area (Å²) in [6, 6.07) is 5.90. The molecule has 1 aromatic heterocycles. The number of pyridine rings is 1. The molecule has 0 radical (unpaired) electrons. The van der Waals surface area contributed by atoms with Crippen molar-refractivity contribution in [2.75, 3.05) is 26.3 Å². The van der Waals surface area contributed by atoms with Gasteiger partial charge in [-0.15, -0.1) is 0 Å². The Morgan fingerprint density at radius 1 is 1.45 bits per heavy atom. The van der Waals surface area contributed by atoms with Crippen LogP contribution in [-0.4, -0.2) is 48.1 Å². The van der Waals surface area contributed by atoms with Crippen molar-refractivity contribution in [2.24, 2.45) is 5.92 Å². The molecule has 1 fully saturated rings. The molecule has 5 nitrogen and oxygen atoms in total. The zero-order valence-electron chi connectivity index (χ0n) is 12.2. The highest BCUT2D eigenvalue weighted by atomic mass is 16.5. The van der Waals surface area contributed by atoms with Gasteiger partial charge in [-0.25, -0.2) is 0 Å². The summed E-state index contributed by atoms with van der Waals surface area (Å²) in [6.45, 7) is 7.27. The van der Waals surface area contributed by atoms with E-state index in [9.17, 15) is 4.79 Å². The van der Waals surface area contributed by atoms with E-state index in [0.29, 0.717) is 26.3 Å². The lowest BCUT2D eigenvalue weighted by Crippen LogP contribution is -2.45. The first-order valence-corrected chi connectivity index (χ1v) is 7.26. The first-order valence-electron chi connectivity index (χ1n) is 7.26. The number of carbonyl (C=O) groups is 1. The summed E-state index contributed by atoms with van der Waals surface area (Å²) >= 11 is 0. The maximum atomic E-state index is 12.6. The van der Waals surface area contributed by atoms with Gasteiger partial charge in [-0.05, 0) is 25.6 Å². The summed E-state index contributed by atoms with van der Waals surface area (Å²) in [6.07, 6.45) is 1.76. The highest BCUT2D eigenvalue weighted by Gasteiger charge is 2.35. The number of hydrogen-bond donors (Lipinski definition) is 1. The molecule has 0 saturated carbocycles. The standard InChI is InChI=1S/C15H23N3O2/c1-3-16-14-11-20-10-13(14)15(19)18(4-2)9-12-7-5-6-8-17-12/h5-8,13-14,16H,3-4,9-11H2,1-2H3. The first kappa shape index (κ1) is 14.9. The predicted octanol–water partition coefficient (Wildman–Crippen LogP) is 1.05. The van der Waals surface area contributed by atoms with Gasteiger partial charge in [0.2, 0.25) is 5.91 Å². The topological polar surface area (TPSA) is 54.5 Å². The average Bonchev–Trinajstić information content (AvgIpc) is 2.94. The summed E-state index contributed by atoms with van der Waals surface area (Å²) < 4.78 is 5.46. The van der Waals surface area contributed by atoms with Crippen LogP contribution in [0, 0.1) is 5.92 Å². The smallest absolute Gasteiger partial charge is 0.230 e. The molecule has 0 aliphatic carbocycles. The second-order valence-electron chi connectivity index (χ2n) is 4.98. The van der Waals surface area contributed by atoms with Crippen LogP contribution in [0.2, 0.25) is 0 Å². The first-order chi connectivity index (χ1) is 9.76. The fourth-order valence-electron chi connectivity index (χ4n) is 2.53. The average molecular weight is 277 g/mol. The minimum atomic E-state index is -0.0846. The maximum Gasteiger partial charge on any atom is 0.230 e. The Bertz CT molecular complexity index is 424. The Hall–Kier alpha value is -1.46. The Kier molecular flexibility index (Phi) is 5.49. The van der Waals surface area contributed by atoms with Gasteiger partial charge in [0.1, 0.15) is 0 Å². The third-order valence-electron chi connectivity index (χ3n) is 3.64. The zero-order chi connectivity index (χ0) is 14.4. The van der Waals surface area contributed by atoms with E-state index in [0.717, 1.165) is 12.2 Å². The van der Waals surface area contributed by atoms with E-state index < -0.39 is 0 Å². The highest BCUT2D eigenvalue weighted by Crippen LogP contribution is 2.18. The Morgan fingerprint density at radius 3 is 2.95 bits per heavy atom. The largest absolute Gasteiger partial charge is 0.379 e. The molecule has 5 heteroatoms. The molecular weight excluding hydrogens is 254 g/mol. The number of nitrogens with zero attached hydrogens (tertiary/aromatic N) is 2. The molecule has 1 aliphatic heterocycles. The summed E-state index contributed by atoms with van der Waals surface area (Å²) in [5.41, 5.74) is 0.918. The number of rotatable bonds is 6. The molecule has 20 heavy (non-hydrogen) atoms. The molecule has 2 atom stereocenters. The van der Waals surface area contributed by atoms with Crippen LogP contribution in [0.15, 0.2) is 24.4 Å². The Labute approximate surface area is 120 Å². The van der Waals surface area contributed by atoms with Crippen LogP contribution in [0.5, 0.6) is 0 Å². The molecule has 2 unspecified atom stereocenters. The number of hydrogen-bond acceptors (Lipinski definition) is 4. The van der Waals surface area contributed by atoms with E-state index in [-0.39, 0.29) is 17.9 Å². The lowest BCUT2D eigenvalue weighted by molar-refractivity contribution is -0.136. The van der Waals surface area contributed by atoms with Gasteiger partial charge >= 0.3 is 0 Å². The van der Waals surface area contributed by atoms with E-state index in [2.05, 4.69) is 10.3 Å². The minimum absolute atomic E-state index is 0.0846. The molecule has 1 saturated heterocycles. The minimum Gasteiger partial charge on any atom is -0.379 e. The van der Waals surface area contributed by atoms with Crippen molar-refractivity contribution in [2.45, 2.75) is 26.4 Å². The van der Waals surface area contributed by atoms with E-state index in [4.69, 9.17) is 4.74 Å². The van der Waals surface area contributed by atoms with Crippen LogP contribution in [0.3, 0.4) is 0 Å². The van der Waals surface area contributed by atoms with Gasteiger partial charge < -0.3 is 15.0 Å². The van der Waals surface area contributed by atoms with E-state index in [1.54, 1.807) is 6.20 Å². The van der Waals surface area contributed by atoms with Crippen LogP contribution in [-0.2, 0) is 16.1 Å². The molecule has 1 aromatic rings. The second-order valence-corrected chi connectivity index (χ2v) is 4.98. The fraction of sp³-hybridized carbons (Fsp3) is 0.600. The van der Waals surface area contributed by atoms with Crippen LogP contribution < -0.4 is 5.32 Å². The number of amides is 1. The quantitative estimate of drug-likeness (QED) is 0.844. The van der Waals surface area contributed by atoms with Gasteiger partial charge in [0, 0.05) is 18.8 Å². The maximum absolute atomic E-state index is 12.6. The Balaban J connectivity index is 2.01. The Morgan fingerprint density at radius 2 is 2.30 bits per heavy atom. The molecule has 110 valence electrons. The van der Waals surface area contributed by atoms with Gasteiger partial charge in [0.15, 0.2) is 0 Å². The molecule has 0 bridgehead atoms. The van der Waals surface area contributed by atoms with Crippen LogP contribution in [0.1, 0.15) is 19.5 Å². The van der Waals surface area contributed by atoms with E-state index in [1.165, 1.54) is 0 Å². The van der Waals surface area contributed by atoms with Gasteiger partial charge in [-0.1, -0.05) is 13.0 Å². The van der Waals surface area contributed by atoms with Crippen molar-refractivity contribution in [1.29, 1.82) is 0 Å². The molecule has 0 spiro atoms. The summed E-state index contributed by atoms with van der Waals surface area (Å²) in [5.74, 6) is 0.0696. The van der Waals surface area contributed by atoms with Gasteiger partial charge in [0.05, 0.1) is 31.4 Å². The number of likely N-dealkylation sites (N-methyl/N-ethyl adjacent to an activating group) is 1. The second kappa shape index (κ2) is 7.36. The van der Waals surface area contributed by atoms with Gasteiger partial charge in [-0.3, -0.25) is 9.78 Å². The molecule has 0 aromatic carbocycles. The predicted molar refractivity (Wildman–Crippen MR) is 77.1 cm³/mol. The molecule has 2 rings (SSSR count). The van der Waals surface area contributed by atoms with Crippen molar-refractivity contribution in [3.8, 4) is 0 Å². The molecule has 1 aliphatic rings.